The Hall–Kier alpha value is -1.16. The molecule has 1 N–H and O–H groups in total. The van der Waals surface area contributed by atoms with Gasteiger partial charge in [-0.15, -0.1) is 0 Å². The van der Waals surface area contributed by atoms with E-state index in [1.54, 1.807) is 10.9 Å². The summed E-state index contributed by atoms with van der Waals surface area (Å²) in [5, 5.41) is 3.34. The molecule has 0 saturated heterocycles. The van der Waals surface area contributed by atoms with Gasteiger partial charge in [0.25, 0.3) is 5.56 Å². The van der Waals surface area contributed by atoms with Gasteiger partial charge in [0.2, 0.25) is 0 Å². The maximum absolute atomic E-state index is 11.3. The van der Waals surface area contributed by atoms with Crippen LogP contribution in [0.4, 0.5) is 0 Å². The Morgan fingerprint density at radius 2 is 2.40 bits per heavy atom. The first-order chi connectivity index (χ1) is 7.24. The number of aryl methyl sites for hydroxylation is 1. The lowest BCUT2D eigenvalue weighted by Gasteiger charge is -2.12. The van der Waals surface area contributed by atoms with Gasteiger partial charge in [0, 0.05) is 24.8 Å². The van der Waals surface area contributed by atoms with Crippen molar-refractivity contribution in [3.8, 4) is 0 Å². The average molecular weight is 209 g/mol. The number of nitrogens with zero attached hydrogens (tertiary/aromatic N) is 2. The maximum atomic E-state index is 11.3. The SMILES string of the molecule is CCNC(C)CCCn1cnccc1=O. The lowest BCUT2D eigenvalue weighted by atomic mass is 10.2. The van der Waals surface area contributed by atoms with Crippen LogP contribution in [0.1, 0.15) is 26.7 Å². The van der Waals surface area contributed by atoms with Gasteiger partial charge in [-0.2, -0.15) is 0 Å². The number of aromatic nitrogens is 2. The van der Waals surface area contributed by atoms with E-state index in [2.05, 4.69) is 24.1 Å². The first kappa shape index (κ1) is 11.9. The van der Waals surface area contributed by atoms with Crippen LogP contribution in [0, 0.1) is 0 Å². The fraction of sp³-hybridized carbons (Fsp3) is 0.636. The van der Waals surface area contributed by atoms with Gasteiger partial charge in [-0.25, -0.2) is 4.98 Å². The first-order valence-electron chi connectivity index (χ1n) is 5.48. The molecule has 0 fully saturated rings. The topological polar surface area (TPSA) is 46.9 Å². The fourth-order valence-corrected chi connectivity index (χ4v) is 1.56. The Morgan fingerprint density at radius 3 is 3.07 bits per heavy atom. The highest BCUT2D eigenvalue weighted by Crippen LogP contribution is 1.97. The normalized spacial score (nSPS) is 12.7. The molecule has 1 heterocycles. The van der Waals surface area contributed by atoms with Gasteiger partial charge in [0.15, 0.2) is 0 Å². The van der Waals surface area contributed by atoms with Crippen LogP contribution in [-0.4, -0.2) is 22.1 Å². The van der Waals surface area contributed by atoms with E-state index < -0.39 is 0 Å². The van der Waals surface area contributed by atoms with E-state index in [-0.39, 0.29) is 5.56 Å². The van der Waals surface area contributed by atoms with Crippen LogP contribution in [0.3, 0.4) is 0 Å². The molecule has 1 aromatic rings. The van der Waals surface area contributed by atoms with Gasteiger partial charge >= 0.3 is 0 Å². The zero-order chi connectivity index (χ0) is 11.1. The van der Waals surface area contributed by atoms with Crippen LogP contribution >= 0.6 is 0 Å². The lowest BCUT2D eigenvalue weighted by molar-refractivity contribution is 0.480. The van der Waals surface area contributed by atoms with Crippen molar-refractivity contribution in [2.45, 2.75) is 39.3 Å². The second-order valence-electron chi connectivity index (χ2n) is 3.71. The van der Waals surface area contributed by atoms with E-state index in [1.807, 2.05) is 0 Å². The van der Waals surface area contributed by atoms with Crippen LogP contribution in [0.25, 0.3) is 0 Å². The molecule has 0 aliphatic heterocycles. The Balaban J connectivity index is 2.32. The van der Waals surface area contributed by atoms with Crippen molar-refractivity contribution in [2.24, 2.45) is 0 Å². The van der Waals surface area contributed by atoms with Crippen LogP contribution in [0.15, 0.2) is 23.4 Å². The number of hydrogen-bond donors (Lipinski definition) is 1. The van der Waals surface area contributed by atoms with Gasteiger partial charge in [0.1, 0.15) is 0 Å². The molecule has 1 rings (SSSR count). The maximum Gasteiger partial charge on any atom is 0.253 e. The fourth-order valence-electron chi connectivity index (χ4n) is 1.56. The van der Waals surface area contributed by atoms with Crippen LogP contribution in [0.2, 0.25) is 0 Å². The highest BCUT2D eigenvalue weighted by Gasteiger charge is 2.00. The molecular formula is C11H19N3O. The van der Waals surface area contributed by atoms with Gasteiger partial charge in [-0.3, -0.25) is 9.36 Å². The monoisotopic (exact) mass is 209 g/mol. The molecule has 1 aromatic heterocycles. The van der Waals surface area contributed by atoms with Crippen molar-refractivity contribution in [3.05, 3.63) is 28.9 Å². The molecule has 4 heteroatoms. The van der Waals surface area contributed by atoms with Crippen LogP contribution < -0.4 is 10.9 Å². The minimum atomic E-state index is 0.0288. The zero-order valence-electron chi connectivity index (χ0n) is 9.44. The molecule has 0 saturated carbocycles. The first-order valence-corrected chi connectivity index (χ1v) is 5.48. The van der Waals surface area contributed by atoms with E-state index >= 15 is 0 Å². The molecule has 0 bridgehead atoms. The standard InChI is InChI=1S/C11H19N3O/c1-3-13-10(2)5-4-8-14-9-12-7-6-11(14)15/h6-7,9-10,13H,3-5,8H2,1-2H3. The number of nitrogens with one attached hydrogen (secondary N) is 1. The molecule has 15 heavy (non-hydrogen) atoms. The molecule has 0 spiro atoms. The summed E-state index contributed by atoms with van der Waals surface area (Å²) in [6.45, 7) is 6.01. The predicted molar refractivity (Wildman–Crippen MR) is 60.9 cm³/mol. The number of rotatable bonds is 6. The van der Waals surface area contributed by atoms with Gasteiger partial charge < -0.3 is 5.32 Å². The molecule has 4 nitrogen and oxygen atoms in total. The van der Waals surface area contributed by atoms with E-state index in [1.165, 1.54) is 12.3 Å². The van der Waals surface area contributed by atoms with Crippen molar-refractivity contribution < 1.29 is 0 Å². The van der Waals surface area contributed by atoms with E-state index in [4.69, 9.17) is 0 Å². The largest absolute Gasteiger partial charge is 0.315 e. The van der Waals surface area contributed by atoms with Crippen molar-refractivity contribution in [1.29, 1.82) is 0 Å². The third kappa shape index (κ3) is 4.25. The van der Waals surface area contributed by atoms with Crippen molar-refractivity contribution in [2.75, 3.05) is 6.54 Å². The molecule has 1 atom stereocenters. The molecule has 84 valence electrons. The third-order valence-electron chi connectivity index (χ3n) is 2.38. The van der Waals surface area contributed by atoms with E-state index in [9.17, 15) is 4.79 Å². The summed E-state index contributed by atoms with van der Waals surface area (Å²) in [4.78, 5) is 15.3. The molecule has 1 unspecified atom stereocenters. The molecular weight excluding hydrogens is 190 g/mol. The van der Waals surface area contributed by atoms with Crippen molar-refractivity contribution in [3.63, 3.8) is 0 Å². The average Bonchev–Trinajstić information content (AvgIpc) is 2.21. The predicted octanol–water partition coefficient (Wildman–Crippen LogP) is 1.02. The quantitative estimate of drug-likeness (QED) is 0.761. The molecule has 0 aromatic carbocycles. The third-order valence-corrected chi connectivity index (χ3v) is 2.38. The second-order valence-corrected chi connectivity index (χ2v) is 3.71. The van der Waals surface area contributed by atoms with Crippen molar-refractivity contribution >= 4 is 0 Å². The summed E-state index contributed by atoms with van der Waals surface area (Å²) in [5.74, 6) is 0. The van der Waals surface area contributed by atoms with Crippen LogP contribution in [0.5, 0.6) is 0 Å². The summed E-state index contributed by atoms with van der Waals surface area (Å²) in [7, 11) is 0. The highest BCUT2D eigenvalue weighted by atomic mass is 16.1. The Morgan fingerprint density at radius 1 is 1.60 bits per heavy atom. The summed E-state index contributed by atoms with van der Waals surface area (Å²) >= 11 is 0. The summed E-state index contributed by atoms with van der Waals surface area (Å²) in [5.41, 5.74) is 0.0288. The molecule has 0 aliphatic rings. The van der Waals surface area contributed by atoms with Gasteiger partial charge in [0.05, 0.1) is 6.33 Å². The lowest BCUT2D eigenvalue weighted by Crippen LogP contribution is -2.26. The Labute approximate surface area is 90.3 Å². The molecule has 0 radical (unpaired) electrons. The summed E-state index contributed by atoms with van der Waals surface area (Å²) in [6.07, 6.45) is 5.20. The second kappa shape index (κ2) is 6.35. The minimum absolute atomic E-state index is 0.0288. The summed E-state index contributed by atoms with van der Waals surface area (Å²) < 4.78 is 1.65. The highest BCUT2D eigenvalue weighted by molar-refractivity contribution is 4.81. The Bertz CT molecular complexity index is 335. The molecule has 0 aliphatic carbocycles. The van der Waals surface area contributed by atoms with Crippen molar-refractivity contribution in [1.82, 2.24) is 14.9 Å². The van der Waals surface area contributed by atoms with E-state index in [0.29, 0.717) is 6.04 Å². The smallest absolute Gasteiger partial charge is 0.253 e. The Kier molecular flexibility index (Phi) is 5.04. The minimum Gasteiger partial charge on any atom is -0.315 e. The van der Waals surface area contributed by atoms with Gasteiger partial charge in [-0.1, -0.05) is 6.92 Å². The van der Waals surface area contributed by atoms with Crippen LogP contribution in [-0.2, 0) is 6.54 Å². The molecule has 0 amide bonds. The zero-order valence-corrected chi connectivity index (χ0v) is 9.44. The summed E-state index contributed by atoms with van der Waals surface area (Å²) in [6, 6.07) is 2.01. The number of hydrogen-bond acceptors (Lipinski definition) is 3. The van der Waals surface area contributed by atoms with E-state index in [0.717, 1.165) is 25.9 Å². The van der Waals surface area contributed by atoms with Gasteiger partial charge in [-0.05, 0) is 26.3 Å².